The number of carbonyl (C=O) groups excluding carboxylic acids is 2. The van der Waals surface area contributed by atoms with Crippen LogP contribution < -0.4 is 9.64 Å². The number of benzene rings is 3. The van der Waals surface area contributed by atoms with Gasteiger partial charge in [0.15, 0.2) is 5.13 Å². The second kappa shape index (κ2) is 9.71. The number of aromatic hydroxyl groups is 1. The lowest BCUT2D eigenvalue weighted by atomic mass is 9.95. The molecule has 188 valence electrons. The van der Waals surface area contributed by atoms with Gasteiger partial charge in [-0.3, -0.25) is 14.5 Å². The maximum Gasteiger partial charge on any atom is 0.301 e. The molecule has 1 saturated heterocycles. The molecule has 8 heteroatoms. The van der Waals surface area contributed by atoms with Crippen LogP contribution in [0.15, 0.2) is 72.3 Å². The summed E-state index contributed by atoms with van der Waals surface area (Å²) in [6, 6.07) is 18.0. The highest BCUT2D eigenvalue weighted by Crippen LogP contribution is 2.44. The van der Waals surface area contributed by atoms with Gasteiger partial charge >= 0.3 is 5.91 Å². The Bertz CT molecular complexity index is 1540. The number of ether oxygens (including phenoxy) is 1. The molecule has 1 fully saturated rings. The zero-order valence-electron chi connectivity index (χ0n) is 20.6. The first-order valence-corrected chi connectivity index (χ1v) is 12.8. The zero-order valence-corrected chi connectivity index (χ0v) is 21.5. The van der Waals surface area contributed by atoms with Crippen LogP contribution in [0.3, 0.4) is 0 Å². The molecule has 1 aromatic heterocycles. The van der Waals surface area contributed by atoms with Gasteiger partial charge in [0.2, 0.25) is 0 Å². The third kappa shape index (κ3) is 4.56. The fraction of sp³-hybridized carbons (Fsp3) is 0.207. The van der Waals surface area contributed by atoms with E-state index >= 15 is 0 Å². The lowest BCUT2D eigenvalue weighted by molar-refractivity contribution is -0.132. The summed E-state index contributed by atoms with van der Waals surface area (Å²) in [5.74, 6) is -1.30. The summed E-state index contributed by atoms with van der Waals surface area (Å²) in [6.45, 7) is 5.85. The van der Waals surface area contributed by atoms with E-state index in [1.807, 2.05) is 32.0 Å². The van der Waals surface area contributed by atoms with Gasteiger partial charge in [0.1, 0.15) is 17.3 Å². The van der Waals surface area contributed by atoms with Crippen LogP contribution in [-0.2, 0) is 16.0 Å². The fourth-order valence-corrected chi connectivity index (χ4v) is 5.48. The van der Waals surface area contributed by atoms with Crippen molar-refractivity contribution in [2.45, 2.75) is 39.3 Å². The van der Waals surface area contributed by atoms with Crippen LogP contribution in [0, 0.1) is 0 Å². The summed E-state index contributed by atoms with van der Waals surface area (Å²) in [5, 5.41) is 21.6. The topological polar surface area (TPSA) is 100.0 Å². The van der Waals surface area contributed by atoms with E-state index in [4.69, 9.17) is 4.74 Å². The Hall–Kier alpha value is -4.17. The van der Waals surface area contributed by atoms with E-state index in [1.54, 1.807) is 36.4 Å². The zero-order chi connectivity index (χ0) is 26.3. The normalized spacial score (nSPS) is 17.2. The van der Waals surface area contributed by atoms with Gasteiger partial charge in [-0.05, 0) is 67.8 Å². The molecule has 0 bridgehead atoms. The van der Waals surface area contributed by atoms with Gasteiger partial charge in [-0.25, -0.2) is 4.98 Å². The number of ketones is 1. The van der Waals surface area contributed by atoms with Gasteiger partial charge < -0.3 is 14.9 Å². The largest absolute Gasteiger partial charge is 0.508 e. The summed E-state index contributed by atoms with van der Waals surface area (Å²) in [5.41, 5.74) is 2.73. The van der Waals surface area contributed by atoms with E-state index in [-0.39, 0.29) is 23.2 Å². The second-order valence-corrected chi connectivity index (χ2v) is 10.1. The molecule has 0 aliphatic carbocycles. The van der Waals surface area contributed by atoms with Crippen LogP contribution in [0.2, 0.25) is 0 Å². The van der Waals surface area contributed by atoms with Crippen LogP contribution >= 0.6 is 11.3 Å². The van der Waals surface area contributed by atoms with E-state index in [1.165, 1.54) is 28.4 Å². The van der Waals surface area contributed by atoms with Crippen LogP contribution in [0.4, 0.5) is 5.13 Å². The standard InChI is InChI=1S/C29H26N2O5S/c1-4-17-8-13-22-23(14-17)37-29(30-22)31-25(18-9-11-20(32)12-10-18)24(27(34)28(31)35)26(33)19-6-5-7-21(15-19)36-16(2)3/h5-16,25,32-33H,4H2,1-3H3/b26-24+. The number of amides is 1. The number of phenols is 1. The summed E-state index contributed by atoms with van der Waals surface area (Å²) in [6.07, 6.45) is 0.785. The van der Waals surface area contributed by atoms with Crippen molar-refractivity contribution in [3.05, 3.63) is 89.0 Å². The molecule has 2 N–H and O–H groups in total. The monoisotopic (exact) mass is 514 g/mol. The van der Waals surface area contributed by atoms with Crippen molar-refractivity contribution < 1.29 is 24.5 Å². The minimum atomic E-state index is -0.929. The number of carbonyl (C=O) groups is 2. The Morgan fingerprint density at radius 3 is 2.54 bits per heavy atom. The summed E-state index contributed by atoms with van der Waals surface area (Å²) in [4.78, 5) is 32.9. The van der Waals surface area contributed by atoms with Crippen LogP contribution in [-0.4, -0.2) is 33.0 Å². The van der Waals surface area contributed by atoms with Crippen molar-refractivity contribution in [3.8, 4) is 11.5 Å². The summed E-state index contributed by atoms with van der Waals surface area (Å²) >= 11 is 1.32. The van der Waals surface area contributed by atoms with E-state index in [0.29, 0.717) is 22.0 Å². The van der Waals surface area contributed by atoms with Crippen molar-refractivity contribution in [3.63, 3.8) is 0 Å². The van der Waals surface area contributed by atoms with Gasteiger partial charge in [0.05, 0.1) is 27.9 Å². The van der Waals surface area contributed by atoms with Gasteiger partial charge in [-0.15, -0.1) is 0 Å². The first kappa shape index (κ1) is 24.5. The smallest absolute Gasteiger partial charge is 0.301 e. The van der Waals surface area contributed by atoms with E-state index in [2.05, 4.69) is 11.9 Å². The number of Topliss-reactive ketones (excluding diaryl/α,β-unsaturated/α-hetero) is 1. The quantitative estimate of drug-likeness (QED) is 0.187. The average Bonchev–Trinajstić information content (AvgIpc) is 3.41. The average molecular weight is 515 g/mol. The number of hydrogen-bond acceptors (Lipinski definition) is 7. The number of aryl methyl sites for hydroxylation is 1. The molecule has 1 amide bonds. The molecule has 7 nitrogen and oxygen atoms in total. The third-order valence-electron chi connectivity index (χ3n) is 6.19. The van der Waals surface area contributed by atoms with Crippen LogP contribution in [0.1, 0.15) is 43.5 Å². The predicted molar refractivity (Wildman–Crippen MR) is 144 cm³/mol. The number of fused-ring (bicyclic) bond motifs is 1. The first-order valence-electron chi connectivity index (χ1n) is 12.0. The molecule has 2 heterocycles. The van der Waals surface area contributed by atoms with Crippen molar-refractivity contribution in [1.29, 1.82) is 0 Å². The number of aliphatic hydroxyl groups is 1. The molecule has 0 radical (unpaired) electrons. The summed E-state index contributed by atoms with van der Waals surface area (Å²) < 4.78 is 6.65. The lowest BCUT2D eigenvalue weighted by Crippen LogP contribution is -2.29. The molecule has 1 aliphatic heterocycles. The molecule has 0 spiro atoms. The SMILES string of the molecule is CCc1ccc2nc(N3C(=O)C(=O)/C(=C(/O)c4cccc(OC(C)C)c4)C3c3ccc(O)cc3)sc2c1. The Balaban J connectivity index is 1.68. The fourth-order valence-electron chi connectivity index (χ4n) is 4.43. The van der Waals surface area contributed by atoms with Crippen molar-refractivity contribution >= 4 is 44.1 Å². The number of rotatable bonds is 6. The Labute approximate surface area is 218 Å². The van der Waals surface area contributed by atoms with Crippen molar-refractivity contribution in [1.82, 2.24) is 4.98 Å². The number of hydrogen-bond donors (Lipinski definition) is 2. The second-order valence-electron chi connectivity index (χ2n) is 9.11. The van der Waals surface area contributed by atoms with E-state index in [0.717, 1.165) is 22.2 Å². The number of thiazole rings is 1. The van der Waals surface area contributed by atoms with Gasteiger partial charge in [0, 0.05) is 5.56 Å². The van der Waals surface area contributed by atoms with Crippen molar-refractivity contribution in [2.24, 2.45) is 0 Å². The molecule has 0 saturated carbocycles. The number of nitrogens with zero attached hydrogens (tertiary/aromatic N) is 2. The Kier molecular flexibility index (Phi) is 6.43. The number of aliphatic hydroxyl groups excluding tert-OH is 1. The molecular weight excluding hydrogens is 488 g/mol. The lowest BCUT2D eigenvalue weighted by Gasteiger charge is -2.23. The number of anilines is 1. The molecule has 1 aliphatic rings. The maximum atomic E-state index is 13.4. The molecular formula is C29H26N2O5S. The highest BCUT2D eigenvalue weighted by atomic mass is 32.1. The van der Waals surface area contributed by atoms with E-state index in [9.17, 15) is 19.8 Å². The summed E-state index contributed by atoms with van der Waals surface area (Å²) in [7, 11) is 0. The number of phenolic OH excluding ortho intramolecular Hbond substituents is 1. The van der Waals surface area contributed by atoms with Crippen LogP contribution in [0.25, 0.3) is 16.0 Å². The minimum absolute atomic E-state index is 0.0475. The highest BCUT2D eigenvalue weighted by Gasteiger charge is 2.48. The van der Waals surface area contributed by atoms with Gasteiger partial charge in [0.25, 0.3) is 5.78 Å². The molecule has 1 atom stereocenters. The number of aromatic nitrogens is 1. The maximum absolute atomic E-state index is 13.4. The third-order valence-corrected chi connectivity index (χ3v) is 7.21. The molecule has 3 aromatic carbocycles. The Morgan fingerprint density at radius 2 is 1.84 bits per heavy atom. The molecule has 37 heavy (non-hydrogen) atoms. The predicted octanol–water partition coefficient (Wildman–Crippen LogP) is 5.98. The Morgan fingerprint density at radius 1 is 1.08 bits per heavy atom. The van der Waals surface area contributed by atoms with Gasteiger partial charge in [-0.1, -0.05) is 48.6 Å². The van der Waals surface area contributed by atoms with Crippen molar-refractivity contribution in [2.75, 3.05) is 4.90 Å². The van der Waals surface area contributed by atoms with Gasteiger partial charge in [-0.2, -0.15) is 0 Å². The van der Waals surface area contributed by atoms with Crippen LogP contribution in [0.5, 0.6) is 11.5 Å². The minimum Gasteiger partial charge on any atom is -0.508 e. The molecule has 5 rings (SSSR count). The first-order chi connectivity index (χ1) is 17.8. The highest BCUT2D eigenvalue weighted by molar-refractivity contribution is 7.22. The van der Waals surface area contributed by atoms with E-state index < -0.39 is 17.7 Å². The molecule has 4 aromatic rings. The molecule has 1 unspecified atom stereocenters.